The average Bonchev–Trinajstić information content (AvgIpc) is 2.36. The molecule has 96 valence electrons. The Morgan fingerprint density at radius 1 is 1.22 bits per heavy atom. The number of hydrogen-bond acceptors (Lipinski definition) is 3. The van der Waals surface area contributed by atoms with Crippen LogP contribution >= 0.6 is 0 Å². The zero-order chi connectivity index (χ0) is 13.1. The van der Waals surface area contributed by atoms with Crippen LogP contribution < -0.4 is 9.47 Å². The number of hydrogen-bond donors (Lipinski definition) is 1. The van der Waals surface area contributed by atoms with Gasteiger partial charge in [-0.3, -0.25) is 0 Å². The van der Waals surface area contributed by atoms with Gasteiger partial charge in [0.2, 0.25) is 0 Å². The molecule has 0 fully saturated rings. The Hall–Kier alpha value is -1.74. The topological polar surface area (TPSA) is 38.7 Å². The number of rotatable bonds is 4. The third kappa shape index (κ3) is 2.41. The van der Waals surface area contributed by atoms with Crippen molar-refractivity contribution in [3.8, 4) is 11.5 Å². The second-order valence-corrected chi connectivity index (χ2v) is 4.43. The first-order chi connectivity index (χ1) is 8.63. The molecule has 0 aliphatic heterocycles. The number of benzene rings is 2. The van der Waals surface area contributed by atoms with Crippen LogP contribution in [0.2, 0.25) is 0 Å². The van der Waals surface area contributed by atoms with Crippen molar-refractivity contribution in [1.29, 1.82) is 0 Å². The number of aliphatic hydroxyl groups is 1. The molecule has 3 nitrogen and oxygen atoms in total. The zero-order valence-corrected chi connectivity index (χ0v) is 10.9. The van der Waals surface area contributed by atoms with Crippen molar-refractivity contribution in [1.82, 2.24) is 0 Å². The first-order valence-electron chi connectivity index (χ1n) is 6.00. The Balaban J connectivity index is 2.55. The van der Waals surface area contributed by atoms with Gasteiger partial charge in [0.15, 0.2) is 0 Å². The van der Waals surface area contributed by atoms with E-state index in [0.717, 1.165) is 27.8 Å². The van der Waals surface area contributed by atoms with E-state index in [9.17, 15) is 5.11 Å². The quantitative estimate of drug-likeness (QED) is 0.901. The van der Waals surface area contributed by atoms with Crippen molar-refractivity contribution in [2.75, 3.05) is 13.7 Å². The molecule has 18 heavy (non-hydrogen) atoms. The van der Waals surface area contributed by atoms with E-state index in [1.54, 1.807) is 14.0 Å². The summed E-state index contributed by atoms with van der Waals surface area (Å²) in [6, 6.07) is 9.90. The Bertz CT molecular complexity index is 547. The van der Waals surface area contributed by atoms with E-state index < -0.39 is 6.10 Å². The Kier molecular flexibility index (Phi) is 3.72. The van der Waals surface area contributed by atoms with Crippen LogP contribution in [0.4, 0.5) is 0 Å². The van der Waals surface area contributed by atoms with Crippen molar-refractivity contribution in [2.45, 2.75) is 20.0 Å². The molecule has 0 bridgehead atoms. The van der Waals surface area contributed by atoms with Crippen LogP contribution in [-0.4, -0.2) is 24.9 Å². The Labute approximate surface area is 107 Å². The normalized spacial score (nSPS) is 12.4. The summed E-state index contributed by atoms with van der Waals surface area (Å²) in [5.41, 5.74) is 1.01. The van der Waals surface area contributed by atoms with Gasteiger partial charge in [-0.2, -0.15) is 0 Å². The second-order valence-electron chi connectivity index (χ2n) is 4.43. The summed E-state index contributed by atoms with van der Waals surface area (Å²) in [5, 5.41) is 11.4. The van der Waals surface area contributed by atoms with Crippen LogP contribution in [0.1, 0.15) is 12.5 Å². The predicted octanol–water partition coefficient (Wildman–Crippen LogP) is 2.92. The van der Waals surface area contributed by atoms with Gasteiger partial charge in [0.1, 0.15) is 18.1 Å². The van der Waals surface area contributed by atoms with Crippen molar-refractivity contribution < 1.29 is 14.6 Å². The average molecular weight is 246 g/mol. The summed E-state index contributed by atoms with van der Waals surface area (Å²) in [5.74, 6) is 1.65. The number of aliphatic hydroxyl groups excluding tert-OH is 1. The summed E-state index contributed by atoms with van der Waals surface area (Å²) < 4.78 is 11.1. The number of ether oxygens (including phenoxy) is 2. The molecule has 1 atom stereocenters. The SMILES string of the molecule is COc1cc(C)c(OCC(C)O)c2ccccc12. The Morgan fingerprint density at radius 2 is 1.89 bits per heavy atom. The van der Waals surface area contributed by atoms with Crippen LogP contribution in [0.5, 0.6) is 11.5 Å². The van der Waals surface area contributed by atoms with Crippen LogP contribution in [0.15, 0.2) is 30.3 Å². The van der Waals surface area contributed by atoms with E-state index in [1.807, 2.05) is 37.3 Å². The predicted molar refractivity (Wildman–Crippen MR) is 72.4 cm³/mol. The van der Waals surface area contributed by atoms with Crippen molar-refractivity contribution in [3.05, 3.63) is 35.9 Å². The molecule has 0 heterocycles. The lowest BCUT2D eigenvalue weighted by Crippen LogP contribution is -2.13. The molecular weight excluding hydrogens is 228 g/mol. The molecule has 2 aromatic rings. The highest BCUT2D eigenvalue weighted by atomic mass is 16.5. The van der Waals surface area contributed by atoms with Crippen LogP contribution in [0.3, 0.4) is 0 Å². The highest BCUT2D eigenvalue weighted by molar-refractivity contribution is 5.94. The van der Waals surface area contributed by atoms with Gasteiger partial charge < -0.3 is 14.6 Å². The molecule has 2 aromatic carbocycles. The van der Waals surface area contributed by atoms with E-state index in [1.165, 1.54) is 0 Å². The third-order valence-electron chi connectivity index (χ3n) is 2.83. The molecule has 0 radical (unpaired) electrons. The lowest BCUT2D eigenvalue weighted by atomic mass is 10.0. The van der Waals surface area contributed by atoms with Gasteiger partial charge in [-0.05, 0) is 25.5 Å². The van der Waals surface area contributed by atoms with Crippen molar-refractivity contribution >= 4 is 10.8 Å². The molecule has 3 heteroatoms. The van der Waals surface area contributed by atoms with Gasteiger partial charge in [0.05, 0.1) is 13.2 Å². The maximum atomic E-state index is 9.33. The standard InChI is InChI=1S/C15H18O3/c1-10-8-14(17-3)12-6-4-5-7-13(12)15(10)18-9-11(2)16/h4-8,11,16H,9H2,1-3H3. The maximum absolute atomic E-state index is 9.33. The highest BCUT2D eigenvalue weighted by Gasteiger charge is 2.11. The zero-order valence-electron chi connectivity index (χ0n) is 10.9. The van der Waals surface area contributed by atoms with Gasteiger partial charge in [0.25, 0.3) is 0 Å². The molecule has 2 rings (SSSR count). The summed E-state index contributed by atoms with van der Waals surface area (Å²) in [7, 11) is 1.66. The van der Waals surface area contributed by atoms with Crippen LogP contribution in [0, 0.1) is 6.92 Å². The van der Waals surface area contributed by atoms with Gasteiger partial charge in [-0.15, -0.1) is 0 Å². The number of methoxy groups -OCH3 is 1. The summed E-state index contributed by atoms with van der Waals surface area (Å²) in [4.78, 5) is 0. The minimum absolute atomic E-state index is 0.289. The molecular formula is C15H18O3. The molecule has 0 saturated carbocycles. The van der Waals surface area contributed by atoms with E-state index in [4.69, 9.17) is 9.47 Å². The molecule has 1 N–H and O–H groups in total. The molecule has 0 aromatic heterocycles. The van der Waals surface area contributed by atoms with E-state index in [-0.39, 0.29) is 6.61 Å². The van der Waals surface area contributed by atoms with Gasteiger partial charge >= 0.3 is 0 Å². The fraction of sp³-hybridized carbons (Fsp3) is 0.333. The molecule has 1 unspecified atom stereocenters. The molecule has 0 saturated heterocycles. The fourth-order valence-corrected chi connectivity index (χ4v) is 2.01. The summed E-state index contributed by atoms with van der Waals surface area (Å²) in [6.45, 7) is 3.98. The van der Waals surface area contributed by atoms with Gasteiger partial charge in [-0.1, -0.05) is 24.3 Å². The van der Waals surface area contributed by atoms with Crippen LogP contribution in [-0.2, 0) is 0 Å². The second kappa shape index (κ2) is 5.27. The maximum Gasteiger partial charge on any atom is 0.130 e. The number of aryl methyl sites for hydroxylation is 1. The first kappa shape index (κ1) is 12.7. The minimum Gasteiger partial charge on any atom is -0.496 e. The van der Waals surface area contributed by atoms with E-state index in [2.05, 4.69) is 0 Å². The molecule has 0 amide bonds. The molecule has 0 spiro atoms. The first-order valence-corrected chi connectivity index (χ1v) is 6.00. The third-order valence-corrected chi connectivity index (χ3v) is 2.83. The van der Waals surface area contributed by atoms with Crippen molar-refractivity contribution in [2.24, 2.45) is 0 Å². The van der Waals surface area contributed by atoms with E-state index in [0.29, 0.717) is 0 Å². The van der Waals surface area contributed by atoms with E-state index >= 15 is 0 Å². The fourth-order valence-electron chi connectivity index (χ4n) is 2.01. The summed E-state index contributed by atoms with van der Waals surface area (Å²) in [6.07, 6.45) is -0.481. The van der Waals surface area contributed by atoms with Gasteiger partial charge in [0, 0.05) is 10.8 Å². The van der Waals surface area contributed by atoms with Gasteiger partial charge in [-0.25, -0.2) is 0 Å². The summed E-state index contributed by atoms with van der Waals surface area (Å²) >= 11 is 0. The lowest BCUT2D eigenvalue weighted by molar-refractivity contribution is 0.123. The molecule has 0 aliphatic rings. The lowest BCUT2D eigenvalue weighted by Gasteiger charge is -2.15. The molecule has 0 aliphatic carbocycles. The van der Waals surface area contributed by atoms with Crippen LogP contribution in [0.25, 0.3) is 10.8 Å². The monoisotopic (exact) mass is 246 g/mol. The number of fused-ring (bicyclic) bond motifs is 1. The largest absolute Gasteiger partial charge is 0.496 e. The highest BCUT2D eigenvalue weighted by Crippen LogP contribution is 2.36. The smallest absolute Gasteiger partial charge is 0.130 e. The Morgan fingerprint density at radius 3 is 2.50 bits per heavy atom. The van der Waals surface area contributed by atoms with Crippen molar-refractivity contribution in [3.63, 3.8) is 0 Å². The minimum atomic E-state index is -0.481.